The van der Waals surface area contributed by atoms with Gasteiger partial charge in [-0.15, -0.1) is 0 Å². The molecule has 176 valence electrons. The number of sulfonamides is 1. The molecule has 1 aromatic heterocycles. The molecule has 0 saturated heterocycles. The minimum atomic E-state index is -4.08. The fourth-order valence-electron chi connectivity index (χ4n) is 3.64. The molecule has 2 heterocycles. The molecule has 1 atom stereocenters. The van der Waals surface area contributed by atoms with Gasteiger partial charge >= 0.3 is 21.1 Å². The third-order valence-corrected chi connectivity index (χ3v) is 6.28. The van der Waals surface area contributed by atoms with Crippen molar-refractivity contribution >= 4 is 27.5 Å². The van der Waals surface area contributed by atoms with Gasteiger partial charge in [0, 0.05) is 28.8 Å². The number of nitrogens with one attached hydrogen (secondary N) is 2. The van der Waals surface area contributed by atoms with Crippen molar-refractivity contribution in [1.29, 1.82) is 0 Å². The van der Waals surface area contributed by atoms with Gasteiger partial charge in [-0.3, -0.25) is 14.6 Å². The zero-order valence-corrected chi connectivity index (χ0v) is 22.4. The molecule has 34 heavy (non-hydrogen) atoms. The van der Waals surface area contributed by atoms with Crippen LogP contribution in [0, 0.1) is 14.4 Å². The van der Waals surface area contributed by atoms with Gasteiger partial charge < -0.3 is 22.8 Å². The van der Waals surface area contributed by atoms with Gasteiger partial charge in [-0.25, -0.2) is 8.42 Å². The summed E-state index contributed by atoms with van der Waals surface area (Å²) < 4.78 is 22.7. The maximum Gasteiger partial charge on any atom is 2.00 e. The van der Waals surface area contributed by atoms with E-state index in [0.29, 0.717) is 17.7 Å². The Hall–Kier alpha value is -2.87. The molecule has 2 N–H and O–H groups in total. The van der Waals surface area contributed by atoms with Gasteiger partial charge in [-0.2, -0.15) is 0 Å². The molecular weight excluding hydrogens is 624 g/mol. The summed E-state index contributed by atoms with van der Waals surface area (Å²) in [6.45, 7) is 2.14. The van der Waals surface area contributed by atoms with Crippen LogP contribution in [-0.2, 0) is 48.8 Å². The number of rotatable bonds is 4. The third-order valence-electron chi connectivity index (χ3n) is 5.39. The number of hydrogen-bond donors (Lipinski definition) is 1. The number of carbonyl (C=O) groups is 2. The zero-order chi connectivity index (χ0) is 22.9. The van der Waals surface area contributed by atoms with E-state index in [2.05, 4.69) is 10.3 Å². The average molecular weight is 648 g/mol. The van der Waals surface area contributed by atoms with Crippen LogP contribution in [0.4, 0.5) is 5.69 Å². The monoisotopic (exact) mass is 648 g/mol. The number of anilines is 1. The van der Waals surface area contributed by atoms with E-state index in [1.165, 1.54) is 29.2 Å². The van der Waals surface area contributed by atoms with E-state index >= 15 is 0 Å². The summed E-state index contributed by atoms with van der Waals surface area (Å²) in [6.07, 6.45) is 1.97. The van der Waals surface area contributed by atoms with Gasteiger partial charge in [-0.1, -0.05) is 23.8 Å². The molecule has 4 rings (SSSR count). The van der Waals surface area contributed by atoms with Gasteiger partial charge in [0.25, 0.3) is 5.91 Å². The van der Waals surface area contributed by atoms with E-state index in [-0.39, 0.29) is 51.7 Å². The van der Waals surface area contributed by atoms with E-state index in [1.54, 1.807) is 24.4 Å². The number of pyridine rings is 1. The van der Waals surface area contributed by atoms with Crippen LogP contribution in [0.5, 0.6) is 0 Å². The maximum absolute atomic E-state index is 13.3. The molecule has 0 saturated carbocycles. The van der Waals surface area contributed by atoms with Crippen LogP contribution in [0.15, 0.2) is 71.8 Å². The number of hydrogen-bond acceptors (Lipinski definition) is 5. The molecule has 0 bridgehead atoms. The Morgan fingerprint density at radius 2 is 1.71 bits per heavy atom. The standard InChI is InChI=1S/C23H22N4O4S.CH3.W/c1-15-4-6-16(7-5-15)23(29)27-14-20-17(3-2-12-25-20)13-21(27)22(28)26-18-8-10-19(11-9-18)32(24,30)31;;/h2-12,21H,13-14H2,1H3,(H3,24,26,28,30,31);1H3;/q;-1;+2/p-1. The number of benzene rings is 2. The average Bonchev–Trinajstić information content (AvgIpc) is 2.78. The molecule has 2 amide bonds. The van der Waals surface area contributed by atoms with E-state index in [1.807, 2.05) is 25.1 Å². The van der Waals surface area contributed by atoms with Crippen molar-refractivity contribution in [2.24, 2.45) is 0 Å². The summed E-state index contributed by atoms with van der Waals surface area (Å²) in [5.41, 5.74) is 3.54. The van der Waals surface area contributed by atoms with Crippen LogP contribution in [0.1, 0.15) is 27.2 Å². The first-order valence-electron chi connectivity index (χ1n) is 9.93. The predicted octanol–water partition coefficient (Wildman–Crippen LogP) is 3.78. The van der Waals surface area contributed by atoms with Crippen molar-refractivity contribution in [3.05, 3.63) is 102 Å². The van der Waals surface area contributed by atoms with Crippen molar-refractivity contribution in [3.8, 4) is 0 Å². The van der Waals surface area contributed by atoms with Crippen LogP contribution in [0.3, 0.4) is 0 Å². The van der Waals surface area contributed by atoms with Gasteiger partial charge in [-0.05, 0) is 55.0 Å². The third kappa shape index (κ3) is 5.97. The van der Waals surface area contributed by atoms with Crippen molar-refractivity contribution in [3.63, 3.8) is 0 Å². The molecule has 0 radical (unpaired) electrons. The molecule has 1 unspecified atom stereocenters. The first kappa shape index (κ1) is 27.4. The number of nitrogens with zero attached hydrogens (tertiary/aromatic N) is 2. The molecular formula is C24H24N4O4SW. The Labute approximate surface area is 213 Å². The SMILES string of the molecule is Cc1ccc(C(=O)N2Cc3ncccc3CC2C(=O)Nc2ccc(S([NH-])(=O)=O)cc2)cc1.[CH3-].[W+2]. The molecule has 3 aromatic rings. The minimum Gasteiger partial charge on any atom is -0.560 e. The smallest absolute Gasteiger partial charge is 0.560 e. The van der Waals surface area contributed by atoms with Crippen LogP contribution in [0.25, 0.3) is 5.14 Å². The topological polar surface area (TPSA) is 120 Å². The number of amides is 2. The largest absolute Gasteiger partial charge is 2.00 e. The minimum absolute atomic E-state index is 0. The van der Waals surface area contributed by atoms with Crippen molar-refractivity contribution in [2.45, 2.75) is 30.8 Å². The van der Waals surface area contributed by atoms with Crippen molar-refractivity contribution in [2.75, 3.05) is 5.32 Å². The second-order valence-electron chi connectivity index (χ2n) is 7.65. The Kier molecular flexibility index (Phi) is 8.88. The molecule has 8 nitrogen and oxygen atoms in total. The van der Waals surface area contributed by atoms with Crippen molar-refractivity contribution in [1.82, 2.24) is 9.88 Å². The van der Waals surface area contributed by atoms with E-state index in [9.17, 15) is 18.0 Å². The van der Waals surface area contributed by atoms with E-state index < -0.39 is 16.1 Å². The van der Waals surface area contributed by atoms with Crippen LogP contribution >= 0.6 is 0 Å². The van der Waals surface area contributed by atoms with Gasteiger partial charge in [0.05, 0.1) is 22.3 Å². The van der Waals surface area contributed by atoms with Crippen LogP contribution in [0.2, 0.25) is 0 Å². The normalized spacial score (nSPS) is 14.8. The van der Waals surface area contributed by atoms with E-state index in [4.69, 9.17) is 5.14 Å². The molecule has 1 aliphatic rings. The molecule has 10 heteroatoms. The summed E-state index contributed by atoms with van der Waals surface area (Å²) in [7, 11) is -4.08. The second kappa shape index (κ2) is 11.0. The van der Waals surface area contributed by atoms with Gasteiger partial charge in [0.2, 0.25) is 5.91 Å². The Bertz CT molecular complexity index is 1280. The Morgan fingerprint density at radius 1 is 1.06 bits per heavy atom. The first-order chi connectivity index (χ1) is 15.2. The number of fused-ring (bicyclic) bond motifs is 1. The molecule has 0 fully saturated rings. The van der Waals surface area contributed by atoms with Crippen LogP contribution < -0.4 is 5.32 Å². The van der Waals surface area contributed by atoms with Gasteiger partial charge in [0.1, 0.15) is 6.04 Å². The molecule has 1 aliphatic heterocycles. The fraction of sp³-hybridized carbons (Fsp3) is 0.167. The first-order valence-corrected chi connectivity index (χ1v) is 11.4. The summed E-state index contributed by atoms with van der Waals surface area (Å²) >= 11 is 0. The summed E-state index contributed by atoms with van der Waals surface area (Å²) in [5, 5.41) is 9.88. The fourth-order valence-corrected chi connectivity index (χ4v) is 4.14. The zero-order valence-electron chi connectivity index (χ0n) is 18.7. The summed E-state index contributed by atoms with van der Waals surface area (Å²) in [6, 6.07) is 15.4. The number of aromatic nitrogens is 1. The predicted molar refractivity (Wildman–Crippen MR) is 126 cm³/mol. The maximum atomic E-state index is 13.3. The second-order valence-corrected chi connectivity index (χ2v) is 9.12. The molecule has 0 aliphatic carbocycles. The Balaban J connectivity index is 0.00000204. The van der Waals surface area contributed by atoms with E-state index in [0.717, 1.165) is 16.8 Å². The van der Waals surface area contributed by atoms with Gasteiger partial charge in [0.15, 0.2) is 0 Å². The Morgan fingerprint density at radius 3 is 2.32 bits per heavy atom. The quantitative estimate of drug-likeness (QED) is 0.432. The number of carbonyl (C=O) groups excluding carboxylic acids is 2. The summed E-state index contributed by atoms with van der Waals surface area (Å²) in [4.78, 5) is 32.2. The molecule has 0 spiro atoms. The molecule has 2 aromatic carbocycles. The van der Waals surface area contributed by atoms with Crippen LogP contribution in [-0.4, -0.2) is 36.2 Å². The number of aryl methyl sites for hydroxylation is 1. The van der Waals surface area contributed by atoms with Crippen molar-refractivity contribution < 1.29 is 39.1 Å². The summed E-state index contributed by atoms with van der Waals surface area (Å²) in [5.74, 6) is -0.654.